The standard InChI is InChI=1S/C34H52N4O3/c1-22(6-11-31(40)38-17-16-37(20-23(38)2)32-30(41-5)19-35-21-36-32)27-9-10-28-26-8-7-24-18-25(39)12-14-33(24,3)29(26)13-15-34(27,28)4/h7,19,21-23,25-29,39H,6,8-18,20H2,1-5H3/t22?,23?,25-,26-,27+,28-,29-,33-,34+/m0/s1. The lowest BCUT2D eigenvalue weighted by Gasteiger charge is -2.58. The molecule has 6 rings (SSSR count). The second-order valence-corrected chi connectivity index (χ2v) is 14.7. The summed E-state index contributed by atoms with van der Waals surface area (Å²) in [4.78, 5) is 26.3. The Balaban J connectivity index is 1.05. The summed E-state index contributed by atoms with van der Waals surface area (Å²) in [7, 11) is 1.65. The van der Waals surface area contributed by atoms with Crippen molar-refractivity contribution in [3.63, 3.8) is 0 Å². The van der Waals surface area contributed by atoms with Crippen molar-refractivity contribution in [3.05, 3.63) is 24.2 Å². The number of piperazine rings is 1. The number of carbonyl (C=O) groups excluding carboxylic acids is 1. The van der Waals surface area contributed by atoms with Crippen LogP contribution in [-0.2, 0) is 4.79 Å². The highest BCUT2D eigenvalue weighted by Gasteiger charge is 2.59. The van der Waals surface area contributed by atoms with Crippen LogP contribution in [0.1, 0.15) is 91.9 Å². The summed E-state index contributed by atoms with van der Waals surface area (Å²) in [5, 5.41) is 10.3. The van der Waals surface area contributed by atoms with Crippen LogP contribution in [0.5, 0.6) is 5.75 Å². The number of nitrogens with zero attached hydrogens (tertiary/aromatic N) is 4. The summed E-state index contributed by atoms with van der Waals surface area (Å²) in [6.07, 6.45) is 16.9. The highest BCUT2D eigenvalue weighted by Crippen LogP contribution is 2.67. The third-order valence-corrected chi connectivity index (χ3v) is 12.8. The molecule has 1 aromatic heterocycles. The summed E-state index contributed by atoms with van der Waals surface area (Å²) in [5.74, 6) is 5.47. The number of anilines is 1. The number of ether oxygens (including phenoxy) is 1. The van der Waals surface area contributed by atoms with E-state index in [0.29, 0.717) is 40.7 Å². The van der Waals surface area contributed by atoms with Crippen LogP contribution in [-0.4, -0.2) is 64.8 Å². The molecule has 226 valence electrons. The number of rotatable bonds is 6. The van der Waals surface area contributed by atoms with Gasteiger partial charge in [-0.15, -0.1) is 0 Å². The fourth-order valence-electron chi connectivity index (χ4n) is 10.5. The summed E-state index contributed by atoms with van der Waals surface area (Å²) in [6.45, 7) is 12.0. The number of fused-ring (bicyclic) bond motifs is 5. The van der Waals surface area contributed by atoms with Gasteiger partial charge in [0.05, 0.1) is 19.4 Å². The molecule has 0 radical (unpaired) electrons. The lowest BCUT2D eigenvalue weighted by molar-refractivity contribution is -0.134. The minimum atomic E-state index is -0.132. The molecule has 1 saturated heterocycles. The Hall–Kier alpha value is -2.15. The summed E-state index contributed by atoms with van der Waals surface area (Å²) in [5.41, 5.74) is 2.27. The van der Waals surface area contributed by atoms with Gasteiger partial charge in [-0.3, -0.25) is 4.79 Å². The van der Waals surface area contributed by atoms with E-state index < -0.39 is 0 Å². The Bertz CT molecular complexity index is 1160. The number of amides is 1. The number of aliphatic hydroxyl groups is 1. The predicted molar refractivity (Wildman–Crippen MR) is 162 cm³/mol. The fraction of sp³-hybridized carbons (Fsp3) is 0.794. The first kappa shape index (κ1) is 28.9. The maximum atomic E-state index is 13.5. The van der Waals surface area contributed by atoms with Gasteiger partial charge >= 0.3 is 0 Å². The molecule has 2 heterocycles. The van der Waals surface area contributed by atoms with Gasteiger partial charge in [0.15, 0.2) is 11.6 Å². The Morgan fingerprint density at radius 1 is 1.17 bits per heavy atom. The zero-order chi connectivity index (χ0) is 28.9. The van der Waals surface area contributed by atoms with Gasteiger partial charge in [0.2, 0.25) is 5.91 Å². The average molecular weight is 565 g/mol. The molecule has 5 aliphatic rings. The first-order valence-electron chi connectivity index (χ1n) is 16.4. The van der Waals surface area contributed by atoms with Crippen molar-refractivity contribution in [2.75, 3.05) is 31.6 Å². The monoisotopic (exact) mass is 564 g/mol. The van der Waals surface area contributed by atoms with E-state index in [1.54, 1.807) is 25.2 Å². The Morgan fingerprint density at radius 2 is 2.00 bits per heavy atom. The van der Waals surface area contributed by atoms with E-state index in [1.807, 2.05) is 0 Å². The Morgan fingerprint density at radius 3 is 2.78 bits per heavy atom. The van der Waals surface area contributed by atoms with Gasteiger partial charge in [0.1, 0.15) is 6.33 Å². The van der Waals surface area contributed by atoms with Crippen LogP contribution >= 0.6 is 0 Å². The number of methoxy groups -OCH3 is 1. The number of aromatic nitrogens is 2. The molecule has 4 aliphatic carbocycles. The van der Waals surface area contributed by atoms with Crippen molar-refractivity contribution in [1.29, 1.82) is 0 Å². The zero-order valence-electron chi connectivity index (χ0n) is 26.0. The molecule has 3 saturated carbocycles. The van der Waals surface area contributed by atoms with E-state index in [0.717, 1.165) is 68.9 Å². The van der Waals surface area contributed by atoms with Crippen LogP contribution in [0.25, 0.3) is 0 Å². The van der Waals surface area contributed by atoms with Crippen molar-refractivity contribution in [2.45, 2.75) is 104 Å². The first-order valence-corrected chi connectivity index (χ1v) is 16.4. The smallest absolute Gasteiger partial charge is 0.222 e. The van der Waals surface area contributed by atoms with Gasteiger partial charge < -0.3 is 19.6 Å². The number of allylic oxidation sites excluding steroid dienone is 1. The van der Waals surface area contributed by atoms with Gasteiger partial charge in [0.25, 0.3) is 0 Å². The summed E-state index contributed by atoms with van der Waals surface area (Å²) in [6, 6.07) is 0.140. The largest absolute Gasteiger partial charge is 0.491 e. The SMILES string of the molecule is COc1cncnc1N1CCN(C(=O)CCC(C)[C@H]2CC[C@H]3[C@@H]4CC=C5C[C@@H](O)CC[C@]5(C)[C@H]4CC[C@]23C)C(C)C1. The molecule has 1 aliphatic heterocycles. The van der Waals surface area contributed by atoms with Crippen LogP contribution in [0.3, 0.4) is 0 Å². The van der Waals surface area contributed by atoms with Crippen molar-refractivity contribution >= 4 is 11.7 Å². The number of hydrogen-bond acceptors (Lipinski definition) is 6. The van der Waals surface area contributed by atoms with Crippen molar-refractivity contribution in [2.24, 2.45) is 40.4 Å². The van der Waals surface area contributed by atoms with Crippen molar-refractivity contribution < 1.29 is 14.6 Å². The third-order valence-electron chi connectivity index (χ3n) is 12.8. The van der Waals surface area contributed by atoms with E-state index in [4.69, 9.17) is 4.74 Å². The van der Waals surface area contributed by atoms with Crippen molar-refractivity contribution in [1.82, 2.24) is 14.9 Å². The lowest BCUT2D eigenvalue weighted by atomic mass is 9.47. The van der Waals surface area contributed by atoms with Gasteiger partial charge in [0, 0.05) is 32.1 Å². The molecular formula is C34H52N4O3. The molecule has 0 spiro atoms. The van der Waals surface area contributed by atoms with Gasteiger partial charge in [-0.05, 0) is 105 Å². The maximum Gasteiger partial charge on any atom is 0.222 e. The van der Waals surface area contributed by atoms with E-state index in [9.17, 15) is 9.90 Å². The molecule has 7 heteroatoms. The normalized spacial score (nSPS) is 39.3. The highest BCUT2D eigenvalue weighted by atomic mass is 16.5. The molecule has 1 aromatic rings. The van der Waals surface area contributed by atoms with Crippen LogP contribution in [0.2, 0.25) is 0 Å². The van der Waals surface area contributed by atoms with Crippen LogP contribution in [0, 0.1) is 40.4 Å². The first-order chi connectivity index (χ1) is 19.7. The van der Waals surface area contributed by atoms with E-state index in [-0.39, 0.29) is 12.1 Å². The van der Waals surface area contributed by atoms with Gasteiger partial charge in [-0.25, -0.2) is 9.97 Å². The van der Waals surface area contributed by atoms with Crippen molar-refractivity contribution in [3.8, 4) is 5.75 Å². The fourth-order valence-corrected chi connectivity index (χ4v) is 10.5. The summed E-state index contributed by atoms with van der Waals surface area (Å²) >= 11 is 0. The van der Waals surface area contributed by atoms with Gasteiger partial charge in [-0.2, -0.15) is 0 Å². The minimum Gasteiger partial charge on any atom is -0.491 e. The molecule has 0 bridgehead atoms. The molecule has 9 atom stereocenters. The molecule has 4 fully saturated rings. The van der Waals surface area contributed by atoms with Crippen LogP contribution < -0.4 is 9.64 Å². The highest BCUT2D eigenvalue weighted by molar-refractivity contribution is 5.77. The topological polar surface area (TPSA) is 78.8 Å². The second kappa shape index (κ2) is 11.2. The number of hydrogen-bond donors (Lipinski definition) is 1. The average Bonchev–Trinajstić information content (AvgIpc) is 3.33. The minimum absolute atomic E-state index is 0.132. The molecule has 1 N–H and O–H groups in total. The lowest BCUT2D eigenvalue weighted by Crippen LogP contribution is -2.54. The summed E-state index contributed by atoms with van der Waals surface area (Å²) < 4.78 is 5.47. The maximum absolute atomic E-state index is 13.5. The van der Waals surface area contributed by atoms with Crippen LogP contribution in [0.4, 0.5) is 5.82 Å². The molecule has 41 heavy (non-hydrogen) atoms. The zero-order valence-corrected chi connectivity index (χ0v) is 26.0. The Labute approximate surface area is 247 Å². The predicted octanol–water partition coefficient (Wildman–Crippen LogP) is 5.88. The van der Waals surface area contributed by atoms with E-state index in [1.165, 1.54) is 32.1 Å². The quantitative estimate of drug-likeness (QED) is 0.435. The molecule has 0 aromatic carbocycles. The molecular weight excluding hydrogens is 512 g/mol. The molecule has 7 nitrogen and oxygen atoms in total. The van der Waals surface area contributed by atoms with Gasteiger partial charge in [-0.1, -0.05) is 32.4 Å². The van der Waals surface area contributed by atoms with Crippen LogP contribution in [0.15, 0.2) is 24.2 Å². The number of aliphatic hydroxyl groups excluding tert-OH is 1. The van der Waals surface area contributed by atoms with E-state index in [2.05, 4.69) is 53.5 Å². The molecule has 2 unspecified atom stereocenters. The molecule has 1 amide bonds. The Kier molecular flexibility index (Phi) is 7.88. The second-order valence-electron chi connectivity index (χ2n) is 14.7. The number of carbonyl (C=O) groups is 1. The third kappa shape index (κ3) is 4.98. The van der Waals surface area contributed by atoms with E-state index >= 15 is 0 Å².